The Labute approximate surface area is 106 Å². The van der Waals surface area contributed by atoms with Crippen LogP contribution in [0, 0.1) is 0 Å². The Morgan fingerprint density at radius 2 is 2.17 bits per heavy atom. The number of nitrogens with zero attached hydrogens (tertiary/aromatic N) is 1. The SMILES string of the molecule is CCc1cc2c3c(c1)C3C(c1ccc(N)nc1)=C2. The summed E-state index contributed by atoms with van der Waals surface area (Å²) in [6, 6.07) is 8.60. The molecular weight excluding hydrogens is 220 g/mol. The number of nitrogens with two attached hydrogens (primary N) is 1. The van der Waals surface area contributed by atoms with Crippen molar-refractivity contribution < 1.29 is 0 Å². The van der Waals surface area contributed by atoms with Gasteiger partial charge in [-0.1, -0.05) is 19.1 Å². The Bertz CT molecular complexity index is 681. The van der Waals surface area contributed by atoms with E-state index in [2.05, 4.69) is 36.2 Å². The van der Waals surface area contributed by atoms with Gasteiger partial charge in [-0.25, -0.2) is 4.98 Å². The largest absolute Gasteiger partial charge is 0.384 e. The minimum Gasteiger partial charge on any atom is -0.384 e. The summed E-state index contributed by atoms with van der Waals surface area (Å²) >= 11 is 0. The van der Waals surface area contributed by atoms with Gasteiger partial charge in [0.05, 0.1) is 0 Å². The van der Waals surface area contributed by atoms with E-state index < -0.39 is 0 Å². The molecule has 2 N–H and O–H groups in total. The molecule has 0 fully saturated rings. The van der Waals surface area contributed by atoms with E-state index in [1.807, 2.05) is 12.3 Å². The molecule has 2 aromatic rings. The predicted molar refractivity (Wildman–Crippen MR) is 74.2 cm³/mol. The van der Waals surface area contributed by atoms with Gasteiger partial charge in [-0.05, 0) is 58.0 Å². The zero-order valence-corrected chi connectivity index (χ0v) is 10.3. The molecule has 1 heterocycles. The molecule has 88 valence electrons. The van der Waals surface area contributed by atoms with Crippen LogP contribution < -0.4 is 5.73 Å². The van der Waals surface area contributed by atoms with Gasteiger partial charge in [0.15, 0.2) is 0 Å². The van der Waals surface area contributed by atoms with Gasteiger partial charge >= 0.3 is 0 Å². The number of hydrogen-bond acceptors (Lipinski definition) is 2. The number of rotatable bonds is 2. The highest BCUT2D eigenvalue weighted by Gasteiger charge is 2.42. The van der Waals surface area contributed by atoms with Crippen molar-refractivity contribution >= 4 is 17.5 Å². The van der Waals surface area contributed by atoms with Crippen molar-refractivity contribution in [1.29, 1.82) is 0 Å². The van der Waals surface area contributed by atoms with Crippen LogP contribution in [-0.4, -0.2) is 4.98 Å². The summed E-state index contributed by atoms with van der Waals surface area (Å²) in [5.74, 6) is 1.11. The second kappa shape index (κ2) is 3.22. The maximum atomic E-state index is 5.64. The zero-order chi connectivity index (χ0) is 12.3. The van der Waals surface area contributed by atoms with Gasteiger partial charge in [-0.15, -0.1) is 0 Å². The maximum Gasteiger partial charge on any atom is 0.123 e. The first kappa shape index (κ1) is 9.89. The first-order chi connectivity index (χ1) is 8.78. The summed E-state index contributed by atoms with van der Waals surface area (Å²) in [6.45, 7) is 2.21. The van der Waals surface area contributed by atoms with E-state index in [1.54, 1.807) is 0 Å². The van der Waals surface area contributed by atoms with Crippen molar-refractivity contribution in [2.45, 2.75) is 19.3 Å². The molecule has 0 spiro atoms. The smallest absolute Gasteiger partial charge is 0.123 e. The topological polar surface area (TPSA) is 38.9 Å². The highest BCUT2D eigenvalue weighted by atomic mass is 14.8. The monoisotopic (exact) mass is 234 g/mol. The molecule has 0 saturated heterocycles. The molecule has 2 aliphatic rings. The third kappa shape index (κ3) is 1.20. The van der Waals surface area contributed by atoms with Crippen LogP contribution in [0.25, 0.3) is 11.6 Å². The molecule has 0 aliphatic heterocycles. The molecule has 2 heteroatoms. The summed E-state index contributed by atoms with van der Waals surface area (Å²) < 4.78 is 0. The molecule has 0 amide bonds. The molecule has 2 aliphatic carbocycles. The van der Waals surface area contributed by atoms with Gasteiger partial charge in [0.2, 0.25) is 0 Å². The highest BCUT2D eigenvalue weighted by Crippen LogP contribution is 2.59. The third-order valence-corrected chi connectivity index (χ3v) is 3.97. The zero-order valence-electron chi connectivity index (χ0n) is 10.3. The van der Waals surface area contributed by atoms with E-state index in [9.17, 15) is 0 Å². The van der Waals surface area contributed by atoms with Crippen molar-refractivity contribution in [2.24, 2.45) is 0 Å². The Hall–Kier alpha value is -2.09. The molecule has 0 bridgehead atoms. The van der Waals surface area contributed by atoms with E-state index in [1.165, 1.54) is 33.4 Å². The van der Waals surface area contributed by atoms with E-state index in [4.69, 9.17) is 5.73 Å². The minimum atomic E-state index is 0.533. The lowest BCUT2D eigenvalue weighted by Gasteiger charge is -2.05. The molecule has 4 rings (SSSR count). The molecule has 0 saturated carbocycles. The summed E-state index contributed by atoms with van der Waals surface area (Å²) in [5, 5.41) is 0. The van der Waals surface area contributed by atoms with Crippen LogP contribution in [0.1, 0.15) is 40.7 Å². The maximum absolute atomic E-state index is 5.64. The fourth-order valence-electron chi connectivity index (χ4n) is 2.98. The fourth-order valence-corrected chi connectivity index (χ4v) is 2.98. The number of nitrogen functional groups attached to an aromatic ring is 1. The van der Waals surface area contributed by atoms with Gasteiger partial charge in [0.25, 0.3) is 0 Å². The van der Waals surface area contributed by atoms with Crippen LogP contribution >= 0.6 is 0 Å². The molecule has 2 nitrogen and oxygen atoms in total. The normalized spacial score (nSPS) is 18.5. The van der Waals surface area contributed by atoms with Gasteiger partial charge in [0.1, 0.15) is 5.82 Å². The van der Waals surface area contributed by atoms with E-state index >= 15 is 0 Å². The summed E-state index contributed by atoms with van der Waals surface area (Å²) in [4.78, 5) is 4.19. The first-order valence-corrected chi connectivity index (χ1v) is 6.38. The average Bonchev–Trinajstić information content (AvgIpc) is 2.96. The van der Waals surface area contributed by atoms with E-state index in [0.717, 1.165) is 6.42 Å². The molecule has 1 aromatic carbocycles. The number of allylic oxidation sites excluding steroid dienone is 1. The van der Waals surface area contributed by atoms with Gasteiger partial charge in [0, 0.05) is 12.1 Å². The number of aromatic nitrogens is 1. The van der Waals surface area contributed by atoms with Crippen molar-refractivity contribution in [1.82, 2.24) is 4.98 Å². The van der Waals surface area contributed by atoms with Gasteiger partial charge in [-0.3, -0.25) is 0 Å². The van der Waals surface area contributed by atoms with E-state index in [0.29, 0.717) is 11.7 Å². The third-order valence-electron chi connectivity index (χ3n) is 3.97. The van der Waals surface area contributed by atoms with Crippen molar-refractivity contribution in [3.05, 3.63) is 58.3 Å². The standard InChI is InChI=1S/C16H14N2/c1-2-9-5-11-7-12(16-13(6-9)15(11)16)10-3-4-14(17)18-8-10/h3-8,16H,2H2,1H3,(H2,17,18). The van der Waals surface area contributed by atoms with Crippen molar-refractivity contribution in [3.63, 3.8) is 0 Å². The van der Waals surface area contributed by atoms with Crippen LogP contribution in [0.15, 0.2) is 30.5 Å². The summed E-state index contributed by atoms with van der Waals surface area (Å²) in [5.41, 5.74) is 14.1. The Morgan fingerprint density at radius 3 is 2.83 bits per heavy atom. The summed E-state index contributed by atoms with van der Waals surface area (Å²) in [6.07, 6.45) is 5.29. The second-order valence-electron chi connectivity index (χ2n) is 5.05. The van der Waals surface area contributed by atoms with Crippen molar-refractivity contribution in [3.8, 4) is 0 Å². The Balaban J connectivity index is 1.79. The van der Waals surface area contributed by atoms with Crippen LogP contribution in [-0.2, 0) is 6.42 Å². The van der Waals surface area contributed by atoms with Crippen molar-refractivity contribution in [2.75, 3.05) is 5.73 Å². The quantitative estimate of drug-likeness (QED) is 0.866. The predicted octanol–water partition coefficient (Wildman–Crippen LogP) is 3.23. The number of fused-ring (bicyclic) bond motifs is 1. The highest BCUT2D eigenvalue weighted by molar-refractivity contribution is 6.00. The fraction of sp³-hybridized carbons (Fsp3) is 0.188. The molecule has 1 aromatic heterocycles. The Kier molecular flexibility index (Phi) is 1.77. The lowest BCUT2D eigenvalue weighted by molar-refractivity contribution is 1.14. The molecule has 1 atom stereocenters. The Morgan fingerprint density at radius 1 is 1.28 bits per heavy atom. The lowest BCUT2D eigenvalue weighted by Crippen LogP contribution is -1.92. The van der Waals surface area contributed by atoms with Crippen LogP contribution in [0.5, 0.6) is 0 Å². The van der Waals surface area contributed by atoms with Crippen LogP contribution in [0.2, 0.25) is 0 Å². The van der Waals surface area contributed by atoms with Crippen LogP contribution in [0.3, 0.4) is 0 Å². The molecule has 1 unspecified atom stereocenters. The molecular formula is C16H14N2. The average molecular weight is 234 g/mol. The summed E-state index contributed by atoms with van der Waals surface area (Å²) in [7, 11) is 0. The van der Waals surface area contributed by atoms with Crippen LogP contribution in [0.4, 0.5) is 5.82 Å². The number of anilines is 1. The second-order valence-corrected chi connectivity index (χ2v) is 5.05. The number of pyridine rings is 1. The number of benzene rings is 1. The van der Waals surface area contributed by atoms with E-state index in [-0.39, 0.29) is 0 Å². The minimum absolute atomic E-state index is 0.533. The van der Waals surface area contributed by atoms with Gasteiger partial charge < -0.3 is 5.73 Å². The number of hydrogen-bond donors (Lipinski definition) is 1. The molecule has 0 radical (unpaired) electrons. The molecule has 18 heavy (non-hydrogen) atoms. The number of aryl methyl sites for hydroxylation is 1. The van der Waals surface area contributed by atoms with Gasteiger partial charge in [-0.2, -0.15) is 0 Å². The first-order valence-electron chi connectivity index (χ1n) is 6.38. The lowest BCUT2D eigenvalue weighted by atomic mass is 10.0.